The van der Waals surface area contributed by atoms with E-state index in [0.29, 0.717) is 17.0 Å². The van der Waals surface area contributed by atoms with E-state index in [1.165, 1.54) is 24.3 Å². The molecule has 39 heavy (non-hydrogen) atoms. The lowest BCUT2D eigenvalue weighted by Crippen LogP contribution is -2.29. The number of aliphatic hydroxyl groups excluding tert-OH is 1. The van der Waals surface area contributed by atoms with Gasteiger partial charge in [-0.15, -0.1) is 0 Å². The zero-order valence-electron chi connectivity index (χ0n) is 21.5. The highest BCUT2D eigenvalue weighted by molar-refractivity contribution is 7.17. The number of rotatable bonds is 8. The molecule has 1 N–H and O–H groups in total. The number of anilines is 1. The molecule has 0 radical (unpaired) electrons. The summed E-state index contributed by atoms with van der Waals surface area (Å²) in [5, 5.41) is 22.5. The van der Waals surface area contributed by atoms with Gasteiger partial charge in [0.2, 0.25) is 0 Å². The number of non-ortho nitro benzene ring substituents is 1. The minimum absolute atomic E-state index is 0.0423. The van der Waals surface area contributed by atoms with Gasteiger partial charge in [0, 0.05) is 17.7 Å². The van der Waals surface area contributed by atoms with Gasteiger partial charge in [-0.1, -0.05) is 11.3 Å². The molecule has 202 valence electrons. The average Bonchev–Trinajstić information content (AvgIpc) is 3.40. The van der Waals surface area contributed by atoms with Crippen molar-refractivity contribution in [3.8, 4) is 5.75 Å². The number of hydrogen-bond acceptors (Lipinski definition) is 10. The van der Waals surface area contributed by atoms with E-state index < -0.39 is 34.4 Å². The Balaban J connectivity index is 1.87. The van der Waals surface area contributed by atoms with Crippen LogP contribution in [0.2, 0.25) is 0 Å². The molecular formula is C27H25N3O8S. The number of nitrogens with zero attached hydrogens (tertiary/aromatic N) is 3. The van der Waals surface area contributed by atoms with Gasteiger partial charge in [-0.05, 0) is 69.7 Å². The highest BCUT2D eigenvalue weighted by Crippen LogP contribution is 2.44. The summed E-state index contributed by atoms with van der Waals surface area (Å²) in [6.07, 6.45) is -0.0711. The molecule has 1 aliphatic heterocycles. The van der Waals surface area contributed by atoms with Crippen LogP contribution in [0.3, 0.4) is 0 Å². The van der Waals surface area contributed by atoms with Crippen molar-refractivity contribution in [2.45, 2.75) is 39.8 Å². The summed E-state index contributed by atoms with van der Waals surface area (Å²) >= 11 is 0.872. The van der Waals surface area contributed by atoms with Crippen molar-refractivity contribution < 1.29 is 33.9 Å². The molecule has 0 bridgehead atoms. The van der Waals surface area contributed by atoms with E-state index in [1.807, 2.05) is 13.8 Å². The van der Waals surface area contributed by atoms with Crippen LogP contribution in [0, 0.1) is 17.0 Å². The maximum absolute atomic E-state index is 13.4. The lowest BCUT2D eigenvalue weighted by molar-refractivity contribution is -0.384. The molecule has 3 aromatic rings. The number of nitro benzene ring substituents is 1. The van der Waals surface area contributed by atoms with Gasteiger partial charge < -0.3 is 14.6 Å². The Hall–Kier alpha value is -4.58. The Morgan fingerprint density at radius 1 is 1.15 bits per heavy atom. The van der Waals surface area contributed by atoms with Crippen molar-refractivity contribution in [2.24, 2.45) is 0 Å². The van der Waals surface area contributed by atoms with Crippen LogP contribution in [0.25, 0.3) is 5.76 Å². The van der Waals surface area contributed by atoms with Gasteiger partial charge in [0.25, 0.3) is 11.5 Å². The number of aliphatic hydroxyl groups is 1. The molecule has 12 heteroatoms. The van der Waals surface area contributed by atoms with Crippen molar-refractivity contribution >= 4 is 45.6 Å². The molecule has 1 aromatic heterocycles. The summed E-state index contributed by atoms with van der Waals surface area (Å²) in [5.41, 5.74) is 0.479. The highest BCUT2D eigenvalue weighted by atomic mass is 32.1. The van der Waals surface area contributed by atoms with Crippen LogP contribution in [0.1, 0.15) is 53.3 Å². The number of hydrogen-bond donors (Lipinski definition) is 1. The van der Waals surface area contributed by atoms with E-state index in [9.17, 15) is 29.6 Å². The number of benzene rings is 2. The number of ketones is 1. The average molecular weight is 552 g/mol. The fourth-order valence-corrected chi connectivity index (χ4v) is 5.10. The summed E-state index contributed by atoms with van der Waals surface area (Å²) in [5.74, 6) is -2.44. The van der Waals surface area contributed by atoms with Crippen LogP contribution in [0.15, 0.2) is 54.1 Å². The second-order valence-electron chi connectivity index (χ2n) is 8.84. The van der Waals surface area contributed by atoms with Gasteiger partial charge in [-0.3, -0.25) is 24.6 Å². The van der Waals surface area contributed by atoms with E-state index in [4.69, 9.17) is 9.47 Å². The van der Waals surface area contributed by atoms with Gasteiger partial charge >= 0.3 is 11.9 Å². The Kier molecular flexibility index (Phi) is 7.77. The molecule has 2 aromatic carbocycles. The molecule has 1 amide bonds. The first-order valence-electron chi connectivity index (χ1n) is 12.0. The molecule has 11 nitrogen and oxygen atoms in total. The molecule has 1 saturated heterocycles. The fraction of sp³-hybridized carbons (Fsp3) is 0.259. The molecule has 1 unspecified atom stereocenters. The molecule has 1 atom stereocenters. The van der Waals surface area contributed by atoms with E-state index in [-0.39, 0.29) is 39.5 Å². The van der Waals surface area contributed by atoms with Gasteiger partial charge in [0.1, 0.15) is 16.4 Å². The number of nitro groups is 1. The van der Waals surface area contributed by atoms with E-state index >= 15 is 0 Å². The van der Waals surface area contributed by atoms with E-state index in [0.717, 1.165) is 16.2 Å². The first-order chi connectivity index (χ1) is 18.5. The fourth-order valence-electron chi connectivity index (χ4n) is 4.11. The molecule has 4 rings (SSSR count). The molecule has 0 saturated carbocycles. The van der Waals surface area contributed by atoms with Crippen molar-refractivity contribution in [1.29, 1.82) is 0 Å². The SMILES string of the molecule is CCOC(=O)c1sc(N2C(=O)C(=O)/C(=C(/O)c3ccc(OC(C)C)cc3)C2c2ccc([N+](=O)[O-])cc2)nc1C. The van der Waals surface area contributed by atoms with Crippen molar-refractivity contribution in [1.82, 2.24) is 4.98 Å². The van der Waals surface area contributed by atoms with Crippen molar-refractivity contribution in [2.75, 3.05) is 11.5 Å². The zero-order chi connectivity index (χ0) is 28.4. The number of carbonyl (C=O) groups is 3. The minimum atomic E-state index is -1.17. The number of ether oxygens (including phenoxy) is 2. The lowest BCUT2D eigenvalue weighted by Gasteiger charge is -2.23. The zero-order valence-corrected chi connectivity index (χ0v) is 22.4. The van der Waals surface area contributed by atoms with Crippen LogP contribution in [0.5, 0.6) is 5.75 Å². The van der Waals surface area contributed by atoms with E-state index in [1.54, 1.807) is 38.1 Å². The number of amides is 1. The van der Waals surface area contributed by atoms with Crippen molar-refractivity contribution in [3.05, 3.63) is 85.9 Å². The molecule has 1 fully saturated rings. The monoisotopic (exact) mass is 551 g/mol. The molecular weight excluding hydrogens is 526 g/mol. The summed E-state index contributed by atoms with van der Waals surface area (Å²) in [7, 11) is 0. The topological polar surface area (TPSA) is 149 Å². The first kappa shape index (κ1) is 27.5. The number of thiazole rings is 1. The number of esters is 1. The van der Waals surface area contributed by atoms with Crippen molar-refractivity contribution in [3.63, 3.8) is 0 Å². The van der Waals surface area contributed by atoms with Gasteiger partial charge in [0.05, 0.1) is 34.9 Å². The summed E-state index contributed by atoms with van der Waals surface area (Å²) < 4.78 is 10.7. The predicted molar refractivity (Wildman–Crippen MR) is 143 cm³/mol. The highest BCUT2D eigenvalue weighted by Gasteiger charge is 2.48. The maximum Gasteiger partial charge on any atom is 0.350 e. The summed E-state index contributed by atoms with van der Waals surface area (Å²) in [6, 6.07) is 10.5. The first-order valence-corrected chi connectivity index (χ1v) is 12.8. The third-order valence-corrected chi connectivity index (χ3v) is 6.95. The van der Waals surface area contributed by atoms with Crippen LogP contribution >= 0.6 is 11.3 Å². The number of Topliss-reactive ketones (excluding diaryl/α,β-unsaturated/α-hetero) is 1. The van der Waals surface area contributed by atoms with Gasteiger partial charge in [-0.25, -0.2) is 9.78 Å². The van der Waals surface area contributed by atoms with Crippen LogP contribution < -0.4 is 9.64 Å². The summed E-state index contributed by atoms with van der Waals surface area (Å²) in [4.78, 5) is 55.3. The third kappa shape index (κ3) is 5.36. The molecule has 0 spiro atoms. The quantitative estimate of drug-likeness (QED) is 0.102. The largest absolute Gasteiger partial charge is 0.507 e. The second kappa shape index (κ2) is 11.0. The Morgan fingerprint density at radius 3 is 2.36 bits per heavy atom. The molecule has 1 aliphatic rings. The lowest BCUT2D eigenvalue weighted by atomic mass is 9.95. The van der Waals surface area contributed by atoms with Crippen LogP contribution in [-0.4, -0.2) is 45.4 Å². The number of aromatic nitrogens is 1. The smallest absolute Gasteiger partial charge is 0.350 e. The Bertz CT molecular complexity index is 1480. The van der Waals surface area contributed by atoms with Gasteiger partial charge in [0.15, 0.2) is 5.13 Å². The number of aryl methyl sites for hydroxylation is 1. The maximum atomic E-state index is 13.4. The van der Waals surface area contributed by atoms with Crippen LogP contribution in [-0.2, 0) is 14.3 Å². The third-order valence-electron chi connectivity index (χ3n) is 5.82. The van der Waals surface area contributed by atoms with Crippen LogP contribution in [0.4, 0.5) is 10.8 Å². The summed E-state index contributed by atoms with van der Waals surface area (Å²) in [6.45, 7) is 7.11. The number of carbonyl (C=O) groups excluding carboxylic acids is 3. The molecule has 0 aliphatic carbocycles. The van der Waals surface area contributed by atoms with E-state index in [2.05, 4.69) is 4.98 Å². The van der Waals surface area contributed by atoms with Gasteiger partial charge in [-0.2, -0.15) is 0 Å². The Morgan fingerprint density at radius 2 is 1.79 bits per heavy atom. The normalized spacial score (nSPS) is 16.5. The second-order valence-corrected chi connectivity index (χ2v) is 9.82. The predicted octanol–water partition coefficient (Wildman–Crippen LogP) is 4.95. The standard InChI is InChI=1S/C27H25N3O8S/c1-5-37-26(34)24-15(4)28-27(39-24)29-21(16-6-10-18(11-7-16)30(35)36)20(23(32)25(29)33)22(31)17-8-12-19(13-9-17)38-14(2)3/h6-14,21,31H,5H2,1-4H3/b22-20+. The molecule has 2 heterocycles. The minimum Gasteiger partial charge on any atom is -0.507 e. The Labute approximate surface area is 227 Å².